The molecule has 1 aliphatic heterocycles. The van der Waals surface area contributed by atoms with Crippen LogP contribution in [-0.2, 0) is 0 Å². The SMILES string of the molecule is C=CC[C@H]1CN(C(C)(C)C)C[C@@H]1Sc1ncccn1. The first-order chi connectivity index (χ1) is 9.00. The van der Waals surface area contributed by atoms with Gasteiger partial charge in [0.1, 0.15) is 0 Å². The number of nitrogens with zero attached hydrogens (tertiary/aromatic N) is 3. The smallest absolute Gasteiger partial charge is 0.187 e. The zero-order chi connectivity index (χ0) is 13.9. The van der Waals surface area contributed by atoms with Crippen molar-refractivity contribution in [3.8, 4) is 0 Å². The normalized spacial score (nSPS) is 24.6. The van der Waals surface area contributed by atoms with Gasteiger partial charge in [0.05, 0.1) is 0 Å². The fourth-order valence-electron chi connectivity index (χ4n) is 2.44. The van der Waals surface area contributed by atoms with Crippen molar-refractivity contribution in [2.75, 3.05) is 13.1 Å². The van der Waals surface area contributed by atoms with Gasteiger partial charge >= 0.3 is 0 Å². The van der Waals surface area contributed by atoms with E-state index >= 15 is 0 Å². The van der Waals surface area contributed by atoms with Gasteiger partial charge in [-0.1, -0.05) is 17.8 Å². The highest BCUT2D eigenvalue weighted by atomic mass is 32.2. The molecular weight excluding hydrogens is 254 g/mol. The molecule has 0 aliphatic carbocycles. The molecule has 1 fully saturated rings. The van der Waals surface area contributed by atoms with Crippen molar-refractivity contribution in [2.24, 2.45) is 5.92 Å². The molecule has 1 aromatic rings. The summed E-state index contributed by atoms with van der Waals surface area (Å²) in [5.41, 5.74) is 0.228. The lowest BCUT2D eigenvalue weighted by Crippen LogP contribution is -2.39. The highest BCUT2D eigenvalue weighted by molar-refractivity contribution is 7.99. The minimum Gasteiger partial charge on any atom is -0.297 e. The number of hydrogen-bond acceptors (Lipinski definition) is 4. The summed E-state index contributed by atoms with van der Waals surface area (Å²) in [6.07, 6.45) is 6.73. The highest BCUT2D eigenvalue weighted by Gasteiger charge is 2.37. The molecule has 0 saturated carbocycles. The van der Waals surface area contributed by atoms with Gasteiger partial charge in [0.15, 0.2) is 5.16 Å². The van der Waals surface area contributed by atoms with Crippen LogP contribution in [0.25, 0.3) is 0 Å². The Bertz CT molecular complexity index is 413. The van der Waals surface area contributed by atoms with Gasteiger partial charge in [-0.05, 0) is 39.2 Å². The average molecular weight is 277 g/mol. The molecule has 19 heavy (non-hydrogen) atoms. The van der Waals surface area contributed by atoms with E-state index in [1.54, 1.807) is 0 Å². The minimum absolute atomic E-state index is 0.228. The quantitative estimate of drug-likeness (QED) is 0.624. The van der Waals surface area contributed by atoms with Gasteiger partial charge in [-0.2, -0.15) is 0 Å². The molecule has 2 rings (SSSR count). The number of aromatic nitrogens is 2. The third-order valence-electron chi connectivity index (χ3n) is 3.60. The number of hydrogen-bond donors (Lipinski definition) is 0. The lowest BCUT2D eigenvalue weighted by Gasteiger charge is -2.31. The van der Waals surface area contributed by atoms with E-state index in [2.05, 4.69) is 42.2 Å². The maximum absolute atomic E-state index is 4.33. The first-order valence-electron chi connectivity index (χ1n) is 6.80. The molecular formula is C15H23N3S. The van der Waals surface area contributed by atoms with Gasteiger partial charge in [-0.15, -0.1) is 6.58 Å². The Kier molecular flexibility index (Phi) is 4.63. The van der Waals surface area contributed by atoms with E-state index in [-0.39, 0.29) is 5.54 Å². The molecule has 1 aromatic heterocycles. The molecule has 1 aliphatic rings. The first-order valence-corrected chi connectivity index (χ1v) is 7.68. The molecule has 0 N–H and O–H groups in total. The van der Waals surface area contributed by atoms with Crippen LogP contribution in [0, 0.1) is 5.92 Å². The van der Waals surface area contributed by atoms with Crippen LogP contribution >= 0.6 is 11.8 Å². The number of rotatable bonds is 4. The Hall–Kier alpha value is -0.870. The van der Waals surface area contributed by atoms with Crippen molar-refractivity contribution < 1.29 is 0 Å². The van der Waals surface area contributed by atoms with Crippen LogP contribution in [0.3, 0.4) is 0 Å². The Balaban J connectivity index is 2.07. The molecule has 104 valence electrons. The monoisotopic (exact) mass is 277 g/mol. The van der Waals surface area contributed by atoms with E-state index in [4.69, 9.17) is 0 Å². The predicted octanol–water partition coefficient (Wildman–Crippen LogP) is 3.24. The van der Waals surface area contributed by atoms with E-state index in [0.29, 0.717) is 11.2 Å². The predicted molar refractivity (Wildman–Crippen MR) is 81.3 cm³/mol. The zero-order valence-corrected chi connectivity index (χ0v) is 12.9. The largest absolute Gasteiger partial charge is 0.297 e. The molecule has 0 radical (unpaired) electrons. The third-order valence-corrected chi connectivity index (χ3v) is 4.86. The van der Waals surface area contributed by atoms with Crippen molar-refractivity contribution in [3.63, 3.8) is 0 Å². The third kappa shape index (κ3) is 3.80. The number of thioether (sulfide) groups is 1. The van der Waals surface area contributed by atoms with Crippen LogP contribution in [0.15, 0.2) is 36.3 Å². The second-order valence-electron chi connectivity index (χ2n) is 6.05. The summed E-state index contributed by atoms with van der Waals surface area (Å²) in [6, 6.07) is 1.86. The standard InChI is InChI=1S/C15H23N3S/c1-5-7-12-10-18(15(2,3)4)11-13(12)19-14-16-8-6-9-17-14/h5-6,8-9,12-13H,1,7,10-11H2,2-4H3/t12-,13-/m0/s1. The van der Waals surface area contributed by atoms with Gasteiger partial charge in [0.25, 0.3) is 0 Å². The minimum atomic E-state index is 0.228. The Morgan fingerprint density at radius 2 is 2.05 bits per heavy atom. The van der Waals surface area contributed by atoms with Crippen molar-refractivity contribution in [2.45, 2.75) is 43.1 Å². The fourth-order valence-corrected chi connectivity index (χ4v) is 3.60. The maximum atomic E-state index is 4.33. The van der Waals surface area contributed by atoms with Crippen molar-refractivity contribution >= 4 is 11.8 Å². The second-order valence-corrected chi connectivity index (χ2v) is 7.25. The van der Waals surface area contributed by atoms with Gasteiger partial charge in [-0.25, -0.2) is 9.97 Å². The lowest BCUT2D eigenvalue weighted by atomic mass is 10.0. The first kappa shape index (κ1) is 14.5. The van der Waals surface area contributed by atoms with Crippen LogP contribution < -0.4 is 0 Å². The summed E-state index contributed by atoms with van der Waals surface area (Å²) in [6.45, 7) is 13.0. The summed E-state index contributed by atoms with van der Waals surface area (Å²) >= 11 is 1.81. The van der Waals surface area contributed by atoms with Crippen LogP contribution in [0.2, 0.25) is 0 Å². The molecule has 0 spiro atoms. The van der Waals surface area contributed by atoms with Crippen LogP contribution in [0.1, 0.15) is 27.2 Å². The summed E-state index contributed by atoms with van der Waals surface area (Å²) in [5.74, 6) is 0.644. The fraction of sp³-hybridized carbons (Fsp3) is 0.600. The van der Waals surface area contributed by atoms with Crippen LogP contribution in [0.4, 0.5) is 0 Å². The summed E-state index contributed by atoms with van der Waals surface area (Å²) in [7, 11) is 0. The second kappa shape index (κ2) is 6.06. The summed E-state index contributed by atoms with van der Waals surface area (Å²) in [4.78, 5) is 11.2. The van der Waals surface area contributed by atoms with E-state index in [1.165, 1.54) is 0 Å². The Labute approximate surface area is 120 Å². The summed E-state index contributed by atoms with van der Waals surface area (Å²) in [5, 5.41) is 1.44. The average Bonchev–Trinajstić information content (AvgIpc) is 2.74. The van der Waals surface area contributed by atoms with E-state index < -0.39 is 0 Å². The molecule has 2 atom stereocenters. The molecule has 3 nitrogen and oxygen atoms in total. The molecule has 4 heteroatoms. The maximum Gasteiger partial charge on any atom is 0.187 e. The molecule has 0 bridgehead atoms. The van der Waals surface area contributed by atoms with Crippen molar-refractivity contribution in [1.82, 2.24) is 14.9 Å². The molecule has 0 unspecified atom stereocenters. The molecule has 1 saturated heterocycles. The Morgan fingerprint density at radius 3 is 2.63 bits per heavy atom. The van der Waals surface area contributed by atoms with Gasteiger partial charge < -0.3 is 0 Å². The Morgan fingerprint density at radius 1 is 1.37 bits per heavy atom. The zero-order valence-electron chi connectivity index (χ0n) is 12.0. The van der Waals surface area contributed by atoms with Crippen molar-refractivity contribution in [3.05, 3.63) is 31.1 Å². The van der Waals surface area contributed by atoms with E-state index in [1.807, 2.05) is 36.3 Å². The molecule has 0 aromatic carbocycles. The lowest BCUT2D eigenvalue weighted by molar-refractivity contribution is 0.168. The summed E-state index contributed by atoms with van der Waals surface area (Å²) < 4.78 is 0. The molecule has 2 heterocycles. The van der Waals surface area contributed by atoms with Gasteiger partial charge in [-0.3, -0.25) is 4.90 Å². The van der Waals surface area contributed by atoms with Crippen LogP contribution in [0.5, 0.6) is 0 Å². The number of allylic oxidation sites excluding steroid dienone is 1. The van der Waals surface area contributed by atoms with Gasteiger partial charge in [0, 0.05) is 36.3 Å². The van der Waals surface area contributed by atoms with Crippen LogP contribution in [-0.4, -0.2) is 38.7 Å². The van der Waals surface area contributed by atoms with Crippen molar-refractivity contribution in [1.29, 1.82) is 0 Å². The van der Waals surface area contributed by atoms with E-state index in [0.717, 1.165) is 24.7 Å². The molecule has 0 amide bonds. The topological polar surface area (TPSA) is 29.0 Å². The van der Waals surface area contributed by atoms with E-state index in [9.17, 15) is 0 Å². The highest BCUT2D eigenvalue weighted by Crippen LogP contribution is 2.36. The number of likely N-dealkylation sites (tertiary alicyclic amines) is 1. The van der Waals surface area contributed by atoms with Gasteiger partial charge in [0.2, 0.25) is 0 Å².